The van der Waals surface area contributed by atoms with Crippen LogP contribution in [0.2, 0.25) is 0 Å². The molecule has 1 amide bonds. The van der Waals surface area contributed by atoms with E-state index < -0.39 is 17.3 Å². The number of nitriles is 1. The molecule has 166 valence electrons. The maximum Gasteiger partial charge on any atom is 0.417 e. The number of aliphatic hydroxyl groups is 1. The molecule has 3 rings (SSSR count). The largest absolute Gasteiger partial charge is 0.417 e. The first-order chi connectivity index (χ1) is 15.2. The lowest BCUT2D eigenvalue weighted by Gasteiger charge is -2.12. The Bertz CT molecular complexity index is 1180. The average molecular weight is 442 g/mol. The minimum atomic E-state index is -4.65. The maximum atomic E-state index is 13.3. The Kier molecular flexibility index (Phi) is 6.65. The van der Waals surface area contributed by atoms with Gasteiger partial charge in [-0.05, 0) is 49.7 Å². The van der Waals surface area contributed by atoms with Crippen molar-refractivity contribution in [1.82, 2.24) is 15.1 Å². The van der Waals surface area contributed by atoms with Crippen LogP contribution in [0.4, 0.5) is 13.2 Å². The molecular weight excluding hydrogens is 421 g/mol. The van der Waals surface area contributed by atoms with Gasteiger partial charge in [0.1, 0.15) is 0 Å². The van der Waals surface area contributed by atoms with E-state index >= 15 is 0 Å². The Balaban J connectivity index is 1.89. The molecule has 0 fully saturated rings. The molecule has 2 N–H and O–H groups in total. The topological polar surface area (TPSA) is 90.9 Å². The van der Waals surface area contributed by atoms with E-state index in [9.17, 15) is 18.0 Å². The smallest absolute Gasteiger partial charge is 0.395 e. The zero-order valence-corrected chi connectivity index (χ0v) is 17.5. The van der Waals surface area contributed by atoms with Crippen molar-refractivity contribution in [2.45, 2.75) is 26.4 Å². The summed E-state index contributed by atoms with van der Waals surface area (Å²) in [7, 11) is 0. The van der Waals surface area contributed by atoms with Crippen molar-refractivity contribution in [2.24, 2.45) is 0 Å². The number of hydrogen-bond acceptors (Lipinski definition) is 4. The number of benzene rings is 2. The van der Waals surface area contributed by atoms with E-state index in [0.29, 0.717) is 23.4 Å². The van der Waals surface area contributed by atoms with Gasteiger partial charge in [-0.3, -0.25) is 4.79 Å². The summed E-state index contributed by atoms with van der Waals surface area (Å²) in [6.45, 7) is 3.58. The van der Waals surface area contributed by atoms with Gasteiger partial charge in [-0.1, -0.05) is 12.1 Å². The fourth-order valence-electron chi connectivity index (χ4n) is 3.43. The van der Waals surface area contributed by atoms with Crippen LogP contribution in [0.3, 0.4) is 0 Å². The quantitative estimate of drug-likeness (QED) is 0.609. The van der Waals surface area contributed by atoms with Gasteiger partial charge in [0.05, 0.1) is 35.2 Å². The van der Waals surface area contributed by atoms with Crippen molar-refractivity contribution in [3.05, 3.63) is 81.7 Å². The molecule has 0 aliphatic rings. The number of rotatable bonds is 6. The molecule has 0 unspecified atom stereocenters. The molecule has 1 heterocycles. The van der Waals surface area contributed by atoms with E-state index in [4.69, 9.17) is 10.4 Å². The first-order valence-electron chi connectivity index (χ1n) is 9.80. The number of aryl methyl sites for hydroxylation is 1. The molecule has 2 aromatic carbocycles. The summed E-state index contributed by atoms with van der Waals surface area (Å²) in [5.74, 6) is -0.285. The molecule has 0 saturated heterocycles. The highest BCUT2D eigenvalue weighted by Crippen LogP contribution is 2.33. The lowest BCUT2D eigenvalue weighted by molar-refractivity contribution is -0.137. The van der Waals surface area contributed by atoms with E-state index in [1.165, 1.54) is 10.7 Å². The molecule has 9 heteroatoms. The standard InChI is InChI=1S/C23H21F3N4O2/c1-14-20(11-16-3-5-17(6-4-16)22(32)28-9-10-31)15(2)30(29-14)19-8-7-18(13-27)21(12-19)23(24,25)26/h3-8,12,31H,9-11H2,1-2H3,(H,28,32). The third kappa shape index (κ3) is 4.81. The Hall–Kier alpha value is -3.64. The van der Waals surface area contributed by atoms with Crippen molar-refractivity contribution in [3.63, 3.8) is 0 Å². The third-order valence-electron chi connectivity index (χ3n) is 5.11. The van der Waals surface area contributed by atoms with Crippen LogP contribution in [0.1, 0.15) is 44.0 Å². The fourth-order valence-corrected chi connectivity index (χ4v) is 3.43. The third-order valence-corrected chi connectivity index (χ3v) is 5.11. The highest BCUT2D eigenvalue weighted by molar-refractivity contribution is 5.94. The second-order valence-corrected chi connectivity index (χ2v) is 7.25. The number of aliphatic hydroxyl groups excluding tert-OH is 1. The Morgan fingerprint density at radius 2 is 1.88 bits per heavy atom. The minimum absolute atomic E-state index is 0.143. The molecule has 1 aromatic heterocycles. The van der Waals surface area contributed by atoms with Crippen molar-refractivity contribution in [1.29, 1.82) is 5.26 Å². The Morgan fingerprint density at radius 3 is 2.47 bits per heavy atom. The molecule has 6 nitrogen and oxygen atoms in total. The van der Waals surface area contributed by atoms with Gasteiger partial charge in [0.25, 0.3) is 5.91 Å². The second kappa shape index (κ2) is 9.24. The van der Waals surface area contributed by atoms with Crippen molar-refractivity contribution >= 4 is 5.91 Å². The lowest BCUT2D eigenvalue weighted by Crippen LogP contribution is -2.26. The highest BCUT2D eigenvalue weighted by atomic mass is 19.4. The molecule has 0 atom stereocenters. The van der Waals surface area contributed by atoms with Gasteiger partial charge in [-0.25, -0.2) is 4.68 Å². The maximum absolute atomic E-state index is 13.3. The fraction of sp³-hybridized carbons (Fsp3) is 0.261. The van der Waals surface area contributed by atoms with E-state index in [2.05, 4.69) is 10.4 Å². The average Bonchev–Trinajstić information content (AvgIpc) is 3.05. The highest BCUT2D eigenvalue weighted by Gasteiger charge is 2.34. The summed E-state index contributed by atoms with van der Waals surface area (Å²) in [4.78, 5) is 11.9. The summed E-state index contributed by atoms with van der Waals surface area (Å²) in [6, 6.07) is 12.0. The molecule has 0 aliphatic carbocycles. The van der Waals surface area contributed by atoms with E-state index in [1.807, 2.05) is 0 Å². The molecule has 0 spiro atoms. The van der Waals surface area contributed by atoms with Crippen LogP contribution < -0.4 is 5.32 Å². The van der Waals surface area contributed by atoms with Gasteiger partial charge >= 0.3 is 6.18 Å². The number of amides is 1. The number of nitrogens with zero attached hydrogens (tertiary/aromatic N) is 3. The van der Waals surface area contributed by atoms with Crippen LogP contribution in [0, 0.1) is 25.2 Å². The molecule has 0 radical (unpaired) electrons. The van der Waals surface area contributed by atoms with Gasteiger partial charge < -0.3 is 10.4 Å². The predicted molar refractivity (Wildman–Crippen MR) is 111 cm³/mol. The van der Waals surface area contributed by atoms with E-state index in [1.54, 1.807) is 44.2 Å². The summed E-state index contributed by atoms with van der Waals surface area (Å²) in [5.41, 5.74) is 2.37. The van der Waals surface area contributed by atoms with Crippen molar-refractivity contribution in [3.8, 4) is 11.8 Å². The molecule has 0 saturated carbocycles. The number of alkyl halides is 3. The molecular formula is C23H21F3N4O2. The molecule has 32 heavy (non-hydrogen) atoms. The number of hydrogen-bond donors (Lipinski definition) is 2. The second-order valence-electron chi connectivity index (χ2n) is 7.25. The van der Waals surface area contributed by atoms with E-state index in [-0.39, 0.29) is 24.7 Å². The van der Waals surface area contributed by atoms with Crippen LogP contribution in [0.5, 0.6) is 0 Å². The van der Waals surface area contributed by atoms with Crippen LogP contribution >= 0.6 is 0 Å². The first kappa shape index (κ1) is 23.0. The Morgan fingerprint density at radius 1 is 1.19 bits per heavy atom. The van der Waals surface area contributed by atoms with Gasteiger partial charge in [0, 0.05) is 29.8 Å². The van der Waals surface area contributed by atoms with Crippen LogP contribution in [-0.4, -0.2) is 33.9 Å². The van der Waals surface area contributed by atoms with Gasteiger partial charge in [0.2, 0.25) is 0 Å². The van der Waals surface area contributed by atoms with Crippen molar-refractivity contribution < 1.29 is 23.1 Å². The number of halogens is 3. The van der Waals surface area contributed by atoms with Crippen LogP contribution in [0.25, 0.3) is 5.69 Å². The normalized spacial score (nSPS) is 11.3. The Labute approximate surface area is 182 Å². The number of aromatic nitrogens is 2. The van der Waals surface area contributed by atoms with Crippen LogP contribution in [-0.2, 0) is 12.6 Å². The monoisotopic (exact) mass is 442 g/mol. The van der Waals surface area contributed by atoms with Gasteiger partial charge in [-0.15, -0.1) is 0 Å². The van der Waals surface area contributed by atoms with Crippen LogP contribution in [0.15, 0.2) is 42.5 Å². The van der Waals surface area contributed by atoms with E-state index in [0.717, 1.165) is 23.3 Å². The lowest BCUT2D eigenvalue weighted by atomic mass is 10.0. The first-order valence-corrected chi connectivity index (χ1v) is 9.80. The number of nitrogens with one attached hydrogen (secondary N) is 1. The van der Waals surface area contributed by atoms with Gasteiger partial charge in [-0.2, -0.15) is 23.5 Å². The van der Waals surface area contributed by atoms with Gasteiger partial charge in [0.15, 0.2) is 0 Å². The molecule has 0 aliphatic heterocycles. The molecule has 0 bridgehead atoms. The molecule has 3 aromatic rings. The summed E-state index contributed by atoms with van der Waals surface area (Å²) < 4.78 is 41.5. The summed E-state index contributed by atoms with van der Waals surface area (Å²) in [6.07, 6.45) is -4.16. The zero-order chi connectivity index (χ0) is 23.5. The number of carbonyl (C=O) groups is 1. The summed E-state index contributed by atoms with van der Waals surface area (Å²) in [5, 5.41) is 24.8. The van der Waals surface area contributed by atoms with Crippen molar-refractivity contribution in [2.75, 3.05) is 13.2 Å². The minimum Gasteiger partial charge on any atom is -0.395 e. The zero-order valence-electron chi connectivity index (χ0n) is 17.5. The summed E-state index contributed by atoms with van der Waals surface area (Å²) >= 11 is 0. The SMILES string of the molecule is Cc1nn(-c2ccc(C#N)c(C(F)(F)F)c2)c(C)c1Cc1ccc(C(=O)NCCO)cc1. The number of carbonyl (C=O) groups excluding carboxylic acids is 1. The predicted octanol–water partition coefficient (Wildman–Crippen LogP) is 3.69.